The molecule has 0 heterocycles. The standard InChI is InChI=1S/C16H21NO5/c1-15(2,3)22-21-14(18)16(10-4-5-11-16)12-6-8-13(9-7-12)17(19)20/h6-9H,4-5,10-11H2,1-3H3. The third kappa shape index (κ3) is 3.44. The van der Waals surface area contributed by atoms with Crippen LogP contribution in [-0.4, -0.2) is 16.5 Å². The molecule has 120 valence electrons. The molecule has 1 aromatic rings. The summed E-state index contributed by atoms with van der Waals surface area (Å²) in [6.45, 7) is 5.40. The maximum absolute atomic E-state index is 12.6. The van der Waals surface area contributed by atoms with Crippen molar-refractivity contribution in [2.75, 3.05) is 0 Å². The summed E-state index contributed by atoms with van der Waals surface area (Å²) in [7, 11) is 0. The van der Waals surface area contributed by atoms with Gasteiger partial charge in [0, 0.05) is 12.1 Å². The maximum atomic E-state index is 12.6. The highest BCUT2D eigenvalue weighted by Gasteiger charge is 2.45. The Morgan fingerprint density at radius 2 is 1.73 bits per heavy atom. The fourth-order valence-electron chi connectivity index (χ4n) is 2.73. The number of benzene rings is 1. The fraction of sp³-hybridized carbons (Fsp3) is 0.562. The van der Waals surface area contributed by atoms with Crippen LogP contribution in [0.4, 0.5) is 5.69 Å². The second-order valence-corrected chi connectivity index (χ2v) is 6.66. The summed E-state index contributed by atoms with van der Waals surface area (Å²) in [6.07, 6.45) is 3.16. The van der Waals surface area contributed by atoms with Gasteiger partial charge in [-0.15, -0.1) is 0 Å². The molecule has 0 atom stereocenters. The predicted molar refractivity (Wildman–Crippen MR) is 80.2 cm³/mol. The molecule has 22 heavy (non-hydrogen) atoms. The molecular formula is C16H21NO5. The first-order valence-corrected chi connectivity index (χ1v) is 7.40. The second-order valence-electron chi connectivity index (χ2n) is 6.66. The van der Waals surface area contributed by atoms with Crippen LogP contribution in [0.1, 0.15) is 52.0 Å². The van der Waals surface area contributed by atoms with Crippen molar-refractivity contribution in [1.82, 2.24) is 0 Å². The molecule has 0 unspecified atom stereocenters. The van der Waals surface area contributed by atoms with Gasteiger partial charge in [0.25, 0.3) is 5.69 Å². The van der Waals surface area contributed by atoms with Crippen LogP contribution >= 0.6 is 0 Å². The Morgan fingerprint density at radius 3 is 2.18 bits per heavy atom. The van der Waals surface area contributed by atoms with Crippen molar-refractivity contribution < 1.29 is 19.5 Å². The summed E-state index contributed by atoms with van der Waals surface area (Å²) in [5.74, 6) is -0.422. The van der Waals surface area contributed by atoms with Gasteiger partial charge in [-0.25, -0.2) is 4.79 Å². The molecule has 0 aromatic heterocycles. The van der Waals surface area contributed by atoms with Gasteiger partial charge >= 0.3 is 5.97 Å². The average molecular weight is 307 g/mol. The Balaban J connectivity index is 2.24. The lowest BCUT2D eigenvalue weighted by Gasteiger charge is -2.28. The topological polar surface area (TPSA) is 78.7 Å². The SMILES string of the molecule is CC(C)(C)OOC(=O)C1(c2ccc([N+](=O)[O-])cc2)CCCC1. The molecule has 6 heteroatoms. The van der Waals surface area contributed by atoms with E-state index in [2.05, 4.69) is 0 Å². The van der Waals surface area contributed by atoms with Gasteiger partial charge in [-0.05, 0) is 39.2 Å². The first-order valence-electron chi connectivity index (χ1n) is 7.40. The summed E-state index contributed by atoms with van der Waals surface area (Å²) in [5, 5.41) is 10.8. The number of rotatable bonds is 4. The van der Waals surface area contributed by atoms with Gasteiger partial charge in [-0.3, -0.25) is 15.0 Å². The molecule has 0 bridgehead atoms. The summed E-state index contributed by atoms with van der Waals surface area (Å²) in [4.78, 5) is 33.1. The van der Waals surface area contributed by atoms with Crippen molar-refractivity contribution in [2.24, 2.45) is 0 Å². The Hall–Kier alpha value is -1.95. The summed E-state index contributed by atoms with van der Waals surface area (Å²) in [6, 6.07) is 6.13. The van der Waals surface area contributed by atoms with Crippen molar-refractivity contribution in [1.29, 1.82) is 0 Å². The number of nitro benzene ring substituents is 1. The van der Waals surface area contributed by atoms with Gasteiger partial charge in [-0.2, -0.15) is 4.89 Å². The molecule has 0 N–H and O–H groups in total. The van der Waals surface area contributed by atoms with E-state index in [1.54, 1.807) is 32.9 Å². The average Bonchev–Trinajstić information content (AvgIpc) is 2.95. The molecule has 0 radical (unpaired) electrons. The van der Waals surface area contributed by atoms with Crippen LogP contribution in [0.5, 0.6) is 0 Å². The minimum Gasteiger partial charge on any atom is -0.297 e. The maximum Gasteiger partial charge on any atom is 0.352 e. The van der Waals surface area contributed by atoms with Crippen LogP contribution in [0.2, 0.25) is 0 Å². The van der Waals surface area contributed by atoms with Crippen LogP contribution < -0.4 is 0 Å². The molecule has 6 nitrogen and oxygen atoms in total. The molecule has 1 fully saturated rings. The second kappa shape index (κ2) is 6.04. The highest BCUT2D eigenvalue weighted by Crippen LogP contribution is 2.42. The van der Waals surface area contributed by atoms with Crippen LogP contribution in [-0.2, 0) is 20.0 Å². The Bertz CT molecular complexity index is 553. The van der Waals surface area contributed by atoms with Gasteiger partial charge in [0.15, 0.2) is 0 Å². The van der Waals surface area contributed by atoms with E-state index in [1.165, 1.54) is 12.1 Å². The number of nitro groups is 1. The quantitative estimate of drug-likeness (QED) is 0.481. The fourth-order valence-corrected chi connectivity index (χ4v) is 2.73. The van der Waals surface area contributed by atoms with E-state index in [9.17, 15) is 14.9 Å². The molecular weight excluding hydrogens is 286 g/mol. The van der Waals surface area contributed by atoms with Crippen LogP contribution in [0.3, 0.4) is 0 Å². The van der Waals surface area contributed by atoms with Crippen LogP contribution in [0.25, 0.3) is 0 Å². The van der Waals surface area contributed by atoms with Crippen molar-refractivity contribution in [2.45, 2.75) is 57.5 Å². The van der Waals surface area contributed by atoms with E-state index in [1.807, 2.05) is 0 Å². The van der Waals surface area contributed by atoms with E-state index >= 15 is 0 Å². The first-order chi connectivity index (χ1) is 10.2. The number of hydrogen-bond acceptors (Lipinski definition) is 5. The Labute approximate surface area is 129 Å². The van der Waals surface area contributed by atoms with Crippen LogP contribution in [0.15, 0.2) is 24.3 Å². The van der Waals surface area contributed by atoms with E-state index in [0.29, 0.717) is 12.8 Å². The van der Waals surface area contributed by atoms with Crippen molar-refractivity contribution in [3.05, 3.63) is 39.9 Å². The van der Waals surface area contributed by atoms with E-state index < -0.39 is 21.9 Å². The largest absolute Gasteiger partial charge is 0.352 e. The minimum absolute atomic E-state index is 0.0104. The number of carbonyl (C=O) groups is 1. The summed E-state index contributed by atoms with van der Waals surface area (Å²) < 4.78 is 0. The third-order valence-electron chi connectivity index (χ3n) is 3.85. The zero-order chi connectivity index (χ0) is 16.4. The van der Waals surface area contributed by atoms with Crippen molar-refractivity contribution >= 4 is 11.7 Å². The van der Waals surface area contributed by atoms with Gasteiger partial charge in [0.2, 0.25) is 0 Å². The number of hydrogen-bond donors (Lipinski definition) is 0. The molecule has 1 aliphatic rings. The first kappa shape index (κ1) is 16.4. The van der Waals surface area contributed by atoms with Gasteiger partial charge in [0.05, 0.1) is 10.3 Å². The van der Waals surface area contributed by atoms with Gasteiger partial charge in [0.1, 0.15) is 5.60 Å². The summed E-state index contributed by atoms with van der Waals surface area (Å²) >= 11 is 0. The molecule has 0 spiro atoms. The van der Waals surface area contributed by atoms with Gasteiger partial charge in [-0.1, -0.05) is 25.0 Å². The van der Waals surface area contributed by atoms with E-state index in [4.69, 9.17) is 9.78 Å². The van der Waals surface area contributed by atoms with Crippen LogP contribution in [0, 0.1) is 10.1 Å². The van der Waals surface area contributed by atoms with E-state index in [0.717, 1.165) is 18.4 Å². The van der Waals surface area contributed by atoms with E-state index in [-0.39, 0.29) is 5.69 Å². The molecule has 1 saturated carbocycles. The molecule has 0 amide bonds. The monoisotopic (exact) mass is 307 g/mol. The highest BCUT2D eigenvalue weighted by atomic mass is 17.2. The Morgan fingerprint density at radius 1 is 1.18 bits per heavy atom. The number of nitrogens with zero attached hydrogens (tertiary/aromatic N) is 1. The normalized spacial score (nSPS) is 17.2. The molecule has 2 rings (SSSR count). The van der Waals surface area contributed by atoms with Crippen molar-refractivity contribution in [3.63, 3.8) is 0 Å². The number of carbonyl (C=O) groups excluding carboxylic acids is 1. The highest BCUT2D eigenvalue weighted by molar-refractivity contribution is 5.83. The smallest absolute Gasteiger partial charge is 0.297 e. The number of non-ortho nitro benzene ring substituents is 1. The molecule has 0 aliphatic heterocycles. The minimum atomic E-state index is -0.764. The molecule has 0 saturated heterocycles. The third-order valence-corrected chi connectivity index (χ3v) is 3.85. The Kier molecular flexibility index (Phi) is 4.51. The van der Waals surface area contributed by atoms with Crippen molar-refractivity contribution in [3.8, 4) is 0 Å². The zero-order valence-corrected chi connectivity index (χ0v) is 13.1. The lowest BCUT2D eigenvalue weighted by molar-refractivity contribution is -0.384. The molecule has 1 aliphatic carbocycles. The molecule has 1 aromatic carbocycles. The lowest BCUT2D eigenvalue weighted by Crippen LogP contribution is -2.36. The van der Waals surface area contributed by atoms with Gasteiger partial charge < -0.3 is 0 Å². The zero-order valence-electron chi connectivity index (χ0n) is 13.1. The lowest BCUT2D eigenvalue weighted by atomic mass is 9.79. The summed E-state index contributed by atoms with van der Waals surface area (Å²) in [5.41, 5.74) is -0.583. The predicted octanol–water partition coefficient (Wildman–Crippen LogP) is 3.68.